The van der Waals surface area contributed by atoms with Crippen molar-refractivity contribution in [2.24, 2.45) is 5.73 Å². The fraction of sp³-hybridized carbons (Fsp3) is 0.190. The molecule has 7 heteroatoms. The molecule has 3 rings (SSSR count). The third-order valence-electron chi connectivity index (χ3n) is 4.66. The zero-order valence-electron chi connectivity index (χ0n) is 15.3. The maximum absolute atomic E-state index is 12.8. The molecule has 0 unspecified atom stereocenters. The van der Waals surface area contributed by atoms with E-state index in [1.807, 2.05) is 30.3 Å². The van der Waals surface area contributed by atoms with Crippen LogP contribution in [0.4, 0.5) is 0 Å². The van der Waals surface area contributed by atoms with E-state index in [9.17, 15) is 19.5 Å². The van der Waals surface area contributed by atoms with Crippen LogP contribution in [0.1, 0.15) is 21.6 Å². The zero-order valence-corrected chi connectivity index (χ0v) is 15.3. The predicted octanol–water partition coefficient (Wildman–Crippen LogP) is 1.02. The Morgan fingerprint density at radius 1 is 1.11 bits per heavy atom. The van der Waals surface area contributed by atoms with Crippen LogP contribution in [0.3, 0.4) is 0 Å². The molecule has 0 spiro atoms. The smallest absolute Gasteiger partial charge is 0.268 e. The van der Waals surface area contributed by atoms with Gasteiger partial charge in [-0.05, 0) is 31.0 Å². The fourth-order valence-electron chi connectivity index (χ4n) is 3.11. The summed E-state index contributed by atoms with van der Waals surface area (Å²) < 4.78 is 0. The number of rotatable bonds is 6. The Balaban J connectivity index is 1.93. The van der Waals surface area contributed by atoms with Gasteiger partial charge < -0.3 is 21.1 Å². The lowest BCUT2D eigenvalue weighted by Crippen LogP contribution is -2.50. The predicted molar refractivity (Wildman–Crippen MR) is 106 cm³/mol. The van der Waals surface area contributed by atoms with Gasteiger partial charge in [0.2, 0.25) is 5.91 Å². The van der Waals surface area contributed by atoms with Crippen LogP contribution in [-0.2, 0) is 11.2 Å². The molecule has 1 heterocycles. The van der Waals surface area contributed by atoms with Crippen molar-refractivity contribution in [2.75, 3.05) is 0 Å². The highest BCUT2D eigenvalue weighted by Gasteiger charge is 2.27. The highest BCUT2D eigenvalue weighted by atomic mass is 16.3. The summed E-state index contributed by atoms with van der Waals surface area (Å²) in [6.45, 7) is 1.55. The molecule has 0 radical (unpaired) electrons. The van der Waals surface area contributed by atoms with Gasteiger partial charge in [-0.25, -0.2) is 0 Å². The van der Waals surface area contributed by atoms with Gasteiger partial charge in [0.15, 0.2) is 11.5 Å². The number of carbonyl (C=O) groups excluding carboxylic acids is 2. The van der Waals surface area contributed by atoms with Gasteiger partial charge >= 0.3 is 0 Å². The van der Waals surface area contributed by atoms with Gasteiger partial charge in [-0.1, -0.05) is 42.5 Å². The van der Waals surface area contributed by atoms with Crippen molar-refractivity contribution in [1.82, 2.24) is 10.3 Å². The van der Waals surface area contributed by atoms with E-state index in [1.165, 1.54) is 0 Å². The number of hydrogen-bond acceptors (Lipinski definition) is 4. The number of hydrogen-bond donors (Lipinski definition) is 4. The summed E-state index contributed by atoms with van der Waals surface area (Å²) in [5.74, 6) is -1.54. The van der Waals surface area contributed by atoms with Crippen molar-refractivity contribution >= 4 is 22.7 Å². The van der Waals surface area contributed by atoms with E-state index in [2.05, 4.69) is 10.3 Å². The number of fused-ring (bicyclic) bond motifs is 1. The van der Waals surface area contributed by atoms with E-state index in [4.69, 9.17) is 5.73 Å². The van der Waals surface area contributed by atoms with Crippen LogP contribution in [0, 0.1) is 6.92 Å². The maximum atomic E-state index is 12.8. The first-order chi connectivity index (χ1) is 13.4. The molecule has 0 aliphatic carbocycles. The number of nitrogens with one attached hydrogen (secondary N) is 2. The number of benzene rings is 2. The Morgan fingerprint density at radius 3 is 2.43 bits per heavy atom. The summed E-state index contributed by atoms with van der Waals surface area (Å²) in [6.07, 6.45) is -1.37. The van der Waals surface area contributed by atoms with Crippen LogP contribution in [-0.4, -0.2) is 34.1 Å². The lowest BCUT2D eigenvalue weighted by molar-refractivity contribution is -0.127. The Kier molecular flexibility index (Phi) is 5.56. The summed E-state index contributed by atoms with van der Waals surface area (Å²) in [5, 5.41) is 13.3. The van der Waals surface area contributed by atoms with E-state index < -0.39 is 24.0 Å². The number of amides is 2. The number of primary amides is 1. The molecular weight excluding hydrogens is 358 g/mol. The largest absolute Gasteiger partial charge is 0.381 e. The first-order valence-electron chi connectivity index (χ1n) is 8.82. The Bertz CT molecular complexity index is 1080. The third kappa shape index (κ3) is 3.94. The molecule has 28 heavy (non-hydrogen) atoms. The Labute approximate surface area is 161 Å². The summed E-state index contributed by atoms with van der Waals surface area (Å²) in [7, 11) is 0. The molecule has 0 saturated heterocycles. The van der Waals surface area contributed by atoms with Crippen molar-refractivity contribution in [3.8, 4) is 0 Å². The van der Waals surface area contributed by atoms with Crippen LogP contribution in [0.15, 0.2) is 59.4 Å². The number of nitrogens with two attached hydrogens (primary N) is 1. The van der Waals surface area contributed by atoms with Crippen LogP contribution in [0.25, 0.3) is 10.9 Å². The standard InChI is InChI=1S/C21H21N3O4/c1-12-17(23-15-10-6-5-9-14(15)18(12)25)21(28)24-16(19(26)20(22)27)11-13-7-3-2-4-8-13/h2-10,16,19,26H,11H2,1H3,(H2,22,27)(H,23,25)(H,24,28)/t16-,19+/m0/s1. The van der Waals surface area contributed by atoms with Crippen molar-refractivity contribution in [1.29, 1.82) is 0 Å². The minimum atomic E-state index is -1.57. The second-order valence-corrected chi connectivity index (χ2v) is 6.62. The van der Waals surface area contributed by atoms with Gasteiger partial charge in [0.25, 0.3) is 5.91 Å². The SMILES string of the molecule is Cc1c(C(=O)N[C@@H](Cc2ccccc2)[C@@H](O)C(N)=O)[nH]c2ccccc2c1=O. The van der Waals surface area contributed by atoms with Crippen molar-refractivity contribution in [3.05, 3.63) is 81.6 Å². The van der Waals surface area contributed by atoms with Gasteiger partial charge in [0.1, 0.15) is 5.69 Å². The number of pyridine rings is 1. The number of aromatic amines is 1. The quantitative estimate of drug-likeness (QED) is 0.510. The molecule has 0 aliphatic rings. The minimum Gasteiger partial charge on any atom is -0.381 e. The maximum Gasteiger partial charge on any atom is 0.268 e. The fourth-order valence-corrected chi connectivity index (χ4v) is 3.11. The molecule has 7 nitrogen and oxygen atoms in total. The van der Waals surface area contributed by atoms with Crippen molar-refractivity contribution in [2.45, 2.75) is 25.5 Å². The molecule has 2 atom stereocenters. The summed E-state index contributed by atoms with van der Waals surface area (Å²) >= 11 is 0. The average Bonchev–Trinajstić information content (AvgIpc) is 2.70. The van der Waals surface area contributed by atoms with Gasteiger partial charge in [-0.3, -0.25) is 14.4 Å². The summed E-state index contributed by atoms with van der Waals surface area (Å²) in [4.78, 5) is 39.9. The van der Waals surface area contributed by atoms with Crippen LogP contribution < -0.4 is 16.5 Å². The topological polar surface area (TPSA) is 125 Å². The molecule has 144 valence electrons. The summed E-state index contributed by atoms with van der Waals surface area (Å²) in [6, 6.07) is 15.0. The van der Waals surface area contributed by atoms with Gasteiger partial charge in [0.05, 0.1) is 6.04 Å². The number of aliphatic hydroxyl groups is 1. The molecule has 2 aromatic carbocycles. The van der Waals surface area contributed by atoms with Gasteiger partial charge in [-0.15, -0.1) is 0 Å². The number of aromatic nitrogens is 1. The number of aliphatic hydroxyl groups excluding tert-OH is 1. The Hall–Kier alpha value is -3.45. The number of para-hydroxylation sites is 1. The van der Waals surface area contributed by atoms with Crippen molar-refractivity contribution in [3.63, 3.8) is 0 Å². The molecule has 3 aromatic rings. The molecule has 5 N–H and O–H groups in total. The lowest BCUT2D eigenvalue weighted by atomic mass is 10.00. The average molecular weight is 379 g/mol. The first-order valence-corrected chi connectivity index (χ1v) is 8.82. The van der Waals surface area contributed by atoms with Crippen LogP contribution >= 0.6 is 0 Å². The summed E-state index contributed by atoms with van der Waals surface area (Å²) in [5.41, 5.74) is 6.66. The highest BCUT2D eigenvalue weighted by Crippen LogP contribution is 2.12. The Morgan fingerprint density at radius 2 is 1.75 bits per heavy atom. The van der Waals surface area contributed by atoms with Crippen LogP contribution in [0.2, 0.25) is 0 Å². The van der Waals surface area contributed by atoms with Crippen molar-refractivity contribution < 1.29 is 14.7 Å². The molecular formula is C21H21N3O4. The van der Waals surface area contributed by atoms with E-state index in [1.54, 1.807) is 31.2 Å². The normalized spacial score (nSPS) is 13.1. The van der Waals surface area contributed by atoms with Crippen LogP contribution in [0.5, 0.6) is 0 Å². The molecule has 1 aromatic heterocycles. The number of carbonyl (C=O) groups is 2. The van der Waals surface area contributed by atoms with E-state index in [0.29, 0.717) is 10.9 Å². The monoisotopic (exact) mass is 379 g/mol. The molecule has 0 saturated carbocycles. The van der Waals surface area contributed by atoms with E-state index in [0.717, 1.165) is 5.56 Å². The first kappa shape index (κ1) is 19.3. The molecule has 0 bridgehead atoms. The number of H-pyrrole nitrogens is 1. The molecule has 0 fully saturated rings. The zero-order chi connectivity index (χ0) is 20.3. The minimum absolute atomic E-state index is 0.0819. The second kappa shape index (κ2) is 8.06. The van der Waals surface area contributed by atoms with Gasteiger partial charge in [0, 0.05) is 16.5 Å². The van der Waals surface area contributed by atoms with E-state index in [-0.39, 0.29) is 23.1 Å². The second-order valence-electron chi connectivity index (χ2n) is 6.62. The van der Waals surface area contributed by atoms with Gasteiger partial charge in [-0.2, -0.15) is 0 Å². The lowest BCUT2D eigenvalue weighted by Gasteiger charge is -2.22. The molecule has 2 amide bonds. The van der Waals surface area contributed by atoms with E-state index >= 15 is 0 Å². The third-order valence-corrected chi connectivity index (χ3v) is 4.66. The highest BCUT2D eigenvalue weighted by molar-refractivity contribution is 5.97. The molecule has 0 aliphatic heterocycles.